The van der Waals surface area contributed by atoms with Crippen molar-refractivity contribution in [3.8, 4) is 0 Å². The SMILES string of the molecule is Cc1csc(S(=O)(=O)N[C@@H]2CCOC[C@H]2O)c1. The van der Waals surface area contributed by atoms with Gasteiger partial charge in [-0.2, -0.15) is 0 Å². The van der Waals surface area contributed by atoms with Gasteiger partial charge >= 0.3 is 0 Å². The van der Waals surface area contributed by atoms with Crippen molar-refractivity contribution in [2.75, 3.05) is 13.2 Å². The molecule has 2 N–H and O–H groups in total. The van der Waals surface area contributed by atoms with Crippen LogP contribution in [0.15, 0.2) is 15.7 Å². The molecule has 2 heterocycles. The third-order valence-electron chi connectivity index (χ3n) is 2.60. The van der Waals surface area contributed by atoms with Gasteiger partial charge in [-0.1, -0.05) is 0 Å². The molecule has 0 saturated carbocycles. The van der Waals surface area contributed by atoms with Crippen LogP contribution in [0.1, 0.15) is 12.0 Å². The zero-order valence-corrected chi connectivity index (χ0v) is 11.1. The Hall–Kier alpha value is -0.470. The maximum absolute atomic E-state index is 12.0. The lowest BCUT2D eigenvalue weighted by Gasteiger charge is -2.27. The van der Waals surface area contributed by atoms with Crippen LogP contribution in [0.2, 0.25) is 0 Å². The Kier molecular flexibility index (Phi) is 3.84. The van der Waals surface area contributed by atoms with Crippen LogP contribution in [0.4, 0.5) is 0 Å². The molecule has 1 aliphatic rings. The van der Waals surface area contributed by atoms with Gasteiger partial charge in [0.15, 0.2) is 0 Å². The van der Waals surface area contributed by atoms with Gasteiger partial charge in [0.05, 0.1) is 18.8 Å². The van der Waals surface area contributed by atoms with Crippen LogP contribution in [-0.4, -0.2) is 38.9 Å². The van der Waals surface area contributed by atoms with E-state index in [4.69, 9.17) is 4.74 Å². The fourth-order valence-electron chi connectivity index (χ4n) is 1.66. The van der Waals surface area contributed by atoms with E-state index >= 15 is 0 Å². The molecule has 17 heavy (non-hydrogen) atoms. The van der Waals surface area contributed by atoms with E-state index in [-0.39, 0.29) is 10.8 Å². The summed E-state index contributed by atoms with van der Waals surface area (Å²) in [5.74, 6) is 0. The Labute approximate surface area is 104 Å². The van der Waals surface area contributed by atoms with Crippen molar-refractivity contribution in [3.63, 3.8) is 0 Å². The number of aryl methyl sites for hydroxylation is 1. The molecule has 1 saturated heterocycles. The van der Waals surface area contributed by atoms with Crippen molar-refractivity contribution in [1.82, 2.24) is 4.72 Å². The minimum absolute atomic E-state index is 0.177. The van der Waals surface area contributed by atoms with Gasteiger partial charge in [-0.25, -0.2) is 13.1 Å². The number of rotatable bonds is 3. The number of thiophene rings is 1. The molecule has 0 radical (unpaired) electrons. The van der Waals surface area contributed by atoms with E-state index in [0.29, 0.717) is 13.0 Å². The monoisotopic (exact) mass is 277 g/mol. The van der Waals surface area contributed by atoms with Crippen molar-refractivity contribution in [2.24, 2.45) is 0 Å². The molecule has 0 amide bonds. The Balaban J connectivity index is 2.11. The van der Waals surface area contributed by atoms with Gasteiger partial charge in [-0.15, -0.1) is 11.3 Å². The van der Waals surface area contributed by atoms with Gasteiger partial charge in [-0.05, 0) is 30.4 Å². The fraction of sp³-hybridized carbons (Fsp3) is 0.600. The molecular weight excluding hydrogens is 262 g/mol. The Bertz CT molecular complexity index is 482. The summed E-state index contributed by atoms with van der Waals surface area (Å²) < 4.78 is 31.9. The molecule has 1 fully saturated rings. The lowest BCUT2D eigenvalue weighted by atomic mass is 10.1. The molecule has 96 valence electrons. The van der Waals surface area contributed by atoms with Crippen molar-refractivity contribution in [2.45, 2.75) is 29.7 Å². The predicted octanol–water partition coefficient (Wildman–Crippen LogP) is 0.485. The number of ether oxygens (including phenoxy) is 1. The summed E-state index contributed by atoms with van der Waals surface area (Å²) in [5.41, 5.74) is 0.919. The topological polar surface area (TPSA) is 75.6 Å². The van der Waals surface area contributed by atoms with Crippen LogP contribution in [-0.2, 0) is 14.8 Å². The summed E-state index contributed by atoms with van der Waals surface area (Å²) in [6.07, 6.45) is -0.287. The highest BCUT2D eigenvalue weighted by Crippen LogP contribution is 2.21. The number of hydrogen-bond donors (Lipinski definition) is 2. The van der Waals surface area contributed by atoms with E-state index in [1.807, 2.05) is 6.92 Å². The second-order valence-corrected chi connectivity index (χ2v) is 6.95. The molecule has 2 atom stereocenters. The van der Waals surface area contributed by atoms with E-state index in [9.17, 15) is 13.5 Å². The first-order chi connectivity index (χ1) is 7.99. The van der Waals surface area contributed by atoms with Gasteiger partial charge in [-0.3, -0.25) is 0 Å². The van der Waals surface area contributed by atoms with E-state index in [2.05, 4.69) is 4.72 Å². The molecule has 2 rings (SSSR count). The third kappa shape index (κ3) is 3.05. The highest BCUT2D eigenvalue weighted by molar-refractivity contribution is 7.91. The van der Waals surface area contributed by atoms with Crippen LogP contribution >= 0.6 is 11.3 Å². The molecule has 0 aliphatic carbocycles. The Morgan fingerprint density at radius 3 is 2.94 bits per heavy atom. The molecule has 5 nitrogen and oxygen atoms in total. The molecule has 0 bridgehead atoms. The highest BCUT2D eigenvalue weighted by Gasteiger charge is 2.29. The van der Waals surface area contributed by atoms with Crippen molar-refractivity contribution < 1.29 is 18.3 Å². The lowest BCUT2D eigenvalue weighted by Crippen LogP contribution is -2.48. The molecule has 0 spiro atoms. The largest absolute Gasteiger partial charge is 0.389 e. The van der Waals surface area contributed by atoms with Crippen molar-refractivity contribution >= 4 is 21.4 Å². The number of aliphatic hydroxyl groups excluding tert-OH is 1. The van der Waals surface area contributed by atoms with Crippen LogP contribution in [0.5, 0.6) is 0 Å². The van der Waals surface area contributed by atoms with Gasteiger partial charge in [0, 0.05) is 6.61 Å². The maximum Gasteiger partial charge on any atom is 0.250 e. The quantitative estimate of drug-likeness (QED) is 0.843. The first kappa shape index (κ1) is 13.0. The summed E-state index contributed by atoms with van der Waals surface area (Å²) >= 11 is 1.18. The third-order valence-corrected chi connectivity index (χ3v) is 5.65. The Morgan fingerprint density at radius 1 is 1.59 bits per heavy atom. The second-order valence-electron chi connectivity index (χ2n) is 4.10. The van der Waals surface area contributed by atoms with Crippen LogP contribution in [0.3, 0.4) is 0 Å². The summed E-state index contributed by atoms with van der Waals surface area (Å²) in [4.78, 5) is 0. The molecule has 7 heteroatoms. The lowest BCUT2D eigenvalue weighted by molar-refractivity contribution is -0.0222. The standard InChI is InChI=1S/C10H15NO4S2/c1-7-4-10(16-6-7)17(13,14)11-8-2-3-15-5-9(8)12/h4,6,8-9,11-12H,2-3,5H2,1H3/t8-,9-/m1/s1. The normalized spacial score (nSPS) is 26.0. The average Bonchev–Trinajstić information content (AvgIpc) is 2.69. The molecule has 0 aromatic carbocycles. The molecule has 1 aromatic heterocycles. The number of hydrogen-bond acceptors (Lipinski definition) is 5. The zero-order valence-electron chi connectivity index (χ0n) is 9.42. The summed E-state index contributed by atoms with van der Waals surface area (Å²) in [7, 11) is -3.52. The summed E-state index contributed by atoms with van der Waals surface area (Å²) in [6.45, 7) is 2.49. The number of nitrogens with one attached hydrogen (secondary N) is 1. The molecule has 1 aromatic rings. The minimum atomic E-state index is -3.52. The van der Waals surface area contributed by atoms with Crippen LogP contribution in [0.25, 0.3) is 0 Å². The Morgan fingerprint density at radius 2 is 2.35 bits per heavy atom. The average molecular weight is 277 g/mol. The van der Waals surface area contributed by atoms with Gasteiger partial charge in [0.25, 0.3) is 0 Å². The minimum Gasteiger partial charge on any atom is -0.389 e. The first-order valence-corrected chi connectivity index (χ1v) is 7.68. The molecule has 0 unspecified atom stereocenters. The predicted molar refractivity (Wildman–Crippen MR) is 64.6 cm³/mol. The van der Waals surface area contributed by atoms with Crippen LogP contribution < -0.4 is 4.72 Å². The first-order valence-electron chi connectivity index (χ1n) is 5.32. The number of aliphatic hydroxyl groups is 1. The van der Waals surface area contributed by atoms with Crippen LogP contribution in [0, 0.1) is 6.92 Å². The fourth-order valence-corrected chi connectivity index (χ4v) is 4.21. The van der Waals surface area contributed by atoms with E-state index in [1.54, 1.807) is 11.4 Å². The van der Waals surface area contributed by atoms with E-state index < -0.39 is 22.2 Å². The smallest absolute Gasteiger partial charge is 0.250 e. The summed E-state index contributed by atoms with van der Waals surface area (Å²) in [6, 6.07) is 1.16. The molecular formula is C10H15NO4S2. The highest BCUT2D eigenvalue weighted by atomic mass is 32.2. The zero-order chi connectivity index (χ0) is 12.5. The molecule has 1 aliphatic heterocycles. The van der Waals surface area contributed by atoms with E-state index in [1.165, 1.54) is 11.3 Å². The second kappa shape index (κ2) is 5.03. The van der Waals surface area contributed by atoms with Gasteiger partial charge in [0.1, 0.15) is 4.21 Å². The van der Waals surface area contributed by atoms with Crippen molar-refractivity contribution in [3.05, 3.63) is 17.0 Å². The number of sulfonamides is 1. The van der Waals surface area contributed by atoms with E-state index in [0.717, 1.165) is 5.56 Å². The van der Waals surface area contributed by atoms with Gasteiger partial charge in [0.2, 0.25) is 10.0 Å². The van der Waals surface area contributed by atoms with Gasteiger partial charge < -0.3 is 9.84 Å². The maximum atomic E-state index is 12.0. The van der Waals surface area contributed by atoms with Crippen molar-refractivity contribution in [1.29, 1.82) is 0 Å². The summed E-state index contributed by atoms with van der Waals surface area (Å²) in [5, 5.41) is 11.4.